The zero-order chi connectivity index (χ0) is 14.2. The molecule has 0 amide bonds. The van der Waals surface area contributed by atoms with Gasteiger partial charge in [-0.1, -0.05) is 20.3 Å². The largest absolute Gasteiger partial charge is 0.387 e. The van der Waals surface area contributed by atoms with Crippen LogP contribution in [-0.2, 0) is 0 Å². The molecule has 0 spiro atoms. The minimum absolute atomic E-state index is 0.135. The lowest BCUT2D eigenvalue weighted by Gasteiger charge is -2.23. The van der Waals surface area contributed by atoms with E-state index in [0.29, 0.717) is 5.84 Å². The summed E-state index contributed by atoms with van der Waals surface area (Å²) in [5.41, 5.74) is 5.44. The minimum atomic E-state index is -0.135. The second kappa shape index (κ2) is 8.48. The van der Waals surface area contributed by atoms with E-state index in [1.165, 1.54) is 12.8 Å². The molecule has 0 atom stereocenters. The fourth-order valence-electron chi connectivity index (χ4n) is 1.85. The highest BCUT2D eigenvalue weighted by molar-refractivity contribution is 5.82. The molecule has 0 saturated heterocycles. The van der Waals surface area contributed by atoms with E-state index in [1.807, 2.05) is 0 Å². The molecule has 0 radical (unpaired) electrons. The van der Waals surface area contributed by atoms with Crippen LogP contribution < -0.4 is 5.73 Å². The molecule has 0 aliphatic heterocycles. The Morgan fingerprint density at radius 3 is 2.06 bits per heavy atom. The summed E-state index contributed by atoms with van der Waals surface area (Å²) < 4.78 is 0. The van der Waals surface area contributed by atoms with E-state index in [-0.39, 0.29) is 5.41 Å². The van der Waals surface area contributed by atoms with E-state index in [9.17, 15) is 0 Å². The molecule has 18 heavy (non-hydrogen) atoms. The number of rotatable bonds is 10. The van der Waals surface area contributed by atoms with Crippen molar-refractivity contribution >= 4 is 5.84 Å². The number of nitrogens with two attached hydrogens (primary N) is 1. The van der Waals surface area contributed by atoms with Crippen molar-refractivity contribution in [3.8, 4) is 0 Å². The van der Waals surface area contributed by atoms with Gasteiger partial charge in [-0.05, 0) is 60.0 Å². The van der Waals surface area contributed by atoms with Crippen LogP contribution in [0, 0.1) is 10.8 Å². The molecule has 0 aromatic carbocycles. The number of nitrogens with zero attached hydrogens (tertiary/aromatic N) is 2. The van der Waals surface area contributed by atoms with Crippen molar-refractivity contribution in [3.05, 3.63) is 0 Å². The van der Waals surface area contributed by atoms with Gasteiger partial charge in [0.15, 0.2) is 0 Å². The SMILES string of the molecule is CN(C)CCCN(C)CCCCC(C)(C)C(=N)N. The molecule has 0 aliphatic rings. The maximum atomic E-state index is 7.51. The predicted molar refractivity (Wildman–Crippen MR) is 80.2 cm³/mol. The van der Waals surface area contributed by atoms with Crippen LogP contribution in [0.4, 0.5) is 0 Å². The molecule has 4 nitrogen and oxygen atoms in total. The number of hydrogen-bond acceptors (Lipinski definition) is 3. The van der Waals surface area contributed by atoms with Gasteiger partial charge in [-0.25, -0.2) is 0 Å². The third kappa shape index (κ3) is 8.48. The highest BCUT2D eigenvalue weighted by Gasteiger charge is 2.20. The predicted octanol–water partition coefficient (Wildman–Crippen LogP) is 2.00. The van der Waals surface area contributed by atoms with Gasteiger partial charge in [0.2, 0.25) is 0 Å². The van der Waals surface area contributed by atoms with E-state index < -0.39 is 0 Å². The fraction of sp³-hybridized carbons (Fsp3) is 0.929. The molecule has 0 fully saturated rings. The standard InChI is InChI=1S/C14H32N4/c1-14(2,13(15)16)9-6-7-11-18(5)12-8-10-17(3)4/h6-12H2,1-5H3,(H3,15,16). The quantitative estimate of drug-likeness (QED) is 0.357. The molecule has 0 heterocycles. The van der Waals surface area contributed by atoms with Crippen LogP contribution in [0.2, 0.25) is 0 Å². The number of amidine groups is 1. The molecular weight excluding hydrogens is 224 g/mol. The Morgan fingerprint density at radius 2 is 1.56 bits per heavy atom. The summed E-state index contributed by atoms with van der Waals surface area (Å²) in [6.07, 6.45) is 4.57. The van der Waals surface area contributed by atoms with E-state index in [4.69, 9.17) is 11.1 Å². The molecule has 0 bridgehead atoms. The summed E-state index contributed by atoms with van der Waals surface area (Å²) in [6.45, 7) is 7.56. The van der Waals surface area contributed by atoms with Crippen molar-refractivity contribution in [2.24, 2.45) is 11.1 Å². The second-order valence-corrected chi connectivity index (χ2v) is 6.21. The van der Waals surface area contributed by atoms with Crippen LogP contribution in [0.3, 0.4) is 0 Å². The van der Waals surface area contributed by atoms with Gasteiger partial charge in [-0.15, -0.1) is 0 Å². The van der Waals surface area contributed by atoms with Crippen molar-refractivity contribution in [1.82, 2.24) is 9.80 Å². The molecule has 0 aromatic rings. The Balaban J connectivity index is 3.57. The average molecular weight is 256 g/mol. The van der Waals surface area contributed by atoms with Gasteiger partial charge in [0.25, 0.3) is 0 Å². The van der Waals surface area contributed by atoms with Gasteiger partial charge in [0.05, 0.1) is 5.84 Å². The van der Waals surface area contributed by atoms with Gasteiger partial charge in [0, 0.05) is 5.41 Å². The lowest BCUT2D eigenvalue weighted by molar-refractivity contribution is 0.290. The molecule has 0 aliphatic carbocycles. The first-order valence-electron chi connectivity index (χ1n) is 6.93. The topological polar surface area (TPSA) is 56.4 Å². The Hall–Kier alpha value is -0.610. The zero-order valence-corrected chi connectivity index (χ0v) is 12.9. The third-order valence-electron chi connectivity index (χ3n) is 3.47. The van der Waals surface area contributed by atoms with Crippen LogP contribution in [0.25, 0.3) is 0 Å². The molecule has 4 heteroatoms. The van der Waals surface area contributed by atoms with E-state index in [2.05, 4.69) is 44.8 Å². The molecule has 0 saturated carbocycles. The van der Waals surface area contributed by atoms with Crippen molar-refractivity contribution in [3.63, 3.8) is 0 Å². The Morgan fingerprint density at radius 1 is 1.00 bits per heavy atom. The van der Waals surface area contributed by atoms with Gasteiger partial charge in [-0.2, -0.15) is 0 Å². The minimum Gasteiger partial charge on any atom is -0.387 e. The van der Waals surface area contributed by atoms with Crippen LogP contribution in [0.15, 0.2) is 0 Å². The number of nitrogens with one attached hydrogen (secondary N) is 1. The molecule has 3 N–H and O–H groups in total. The van der Waals surface area contributed by atoms with Gasteiger partial charge >= 0.3 is 0 Å². The fourth-order valence-corrected chi connectivity index (χ4v) is 1.85. The summed E-state index contributed by atoms with van der Waals surface area (Å²) in [6, 6.07) is 0. The molecule has 108 valence electrons. The molecule has 0 aromatic heterocycles. The van der Waals surface area contributed by atoms with Gasteiger partial charge in [0.1, 0.15) is 0 Å². The maximum Gasteiger partial charge on any atom is 0.0963 e. The Labute approximate surface area is 113 Å². The summed E-state index contributed by atoms with van der Waals surface area (Å²) in [4.78, 5) is 4.62. The normalized spacial score (nSPS) is 12.4. The zero-order valence-electron chi connectivity index (χ0n) is 12.9. The monoisotopic (exact) mass is 256 g/mol. The van der Waals surface area contributed by atoms with Crippen LogP contribution >= 0.6 is 0 Å². The van der Waals surface area contributed by atoms with Crippen molar-refractivity contribution < 1.29 is 0 Å². The Bertz CT molecular complexity index is 236. The van der Waals surface area contributed by atoms with E-state index in [0.717, 1.165) is 32.5 Å². The highest BCUT2D eigenvalue weighted by Crippen LogP contribution is 2.22. The second-order valence-electron chi connectivity index (χ2n) is 6.21. The summed E-state index contributed by atoms with van der Waals surface area (Å²) >= 11 is 0. The lowest BCUT2D eigenvalue weighted by Crippen LogP contribution is -2.31. The summed E-state index contributed by atoms with van der Waals surface area (Å²) in [5.74, 6) is 0.307. The van der Waals surface area contributed by atoms with E-state index >= 15 is 0 Å². The molecule has 0 rings (SSSR count). The lowest BCUT2D eigenvalue weighted by atomic mass is 9.86. The van der Waals surface area contributed by atoms with Crippen LogP contribution in [0.1, 0.15) is 39.5 Å². The first-order valence-corrected chi connectivity index (χ1v) is 6.93. The first-order chi connectivity index (χ1) is 8.25. The maximum absolute atomic E-state index is 7.51. The van der Waals surface area contributed by atoms with Gasteiger partial charge < -0.3 is 15.5 Å². The molecule has 0 unspecified atom stereocenters. The summed E-state index contributed by atoms with van der Waals surface area (Å²) in [7, 11) is 6.42. The Kier molecular flexibility index (Phi) is 8.20. The smallest absolute Gasteiger partial charge is 0.0963 e. The molecular formula is C14H32N4. The first kappa shape index (κ1) is 17.4. The van der Waals surface area contributed by atoms with Crippen molar-refractivity contribution in [2.45, 2.75) is 39.5 Å². The van der Waals surface area contributed by atoms with Crippen LogP contribution in [-0.4, -0.2) is 56.4 Å². The van der Waals surface area contributed by atoms with E-state index in [1.54, 1.807) is 0 Å². The van der Waals surface area contributed by atoms with Crippen molar-refractivity contribution in [1.29, 1.82) is 5.41 Å². The van der Waals surface area contributed by atoms with Crippen molar-refractivity contribution in [2.75, 3.05) is 40.8 Å². The highest BCUT2D eigenvalue weighted by atomic mass is 15.1. The third-order valence-corrected chi connectivity index (χ3v) is 3.47. The number of hydrogen-bond donors (Lipinski definition) is 2. The average Bonchev–Trinajstić information content (AvgIpc) is 2.23. The number of unbranched alkanes of at least 4 members (excludes halogenated alkanes) is 1. The van der Waals surface area contributed by atoms with Gasteiger partial charge in [-0.3, -0.25) is 5.41 Å². The van der Waals surface area contributed by atoms with Crippen LogP contribution in [0.5, 0.6) is 0 Å². The summed E-state index contributed by atoms with van der Waals surface area (Å²) in [5, 5.41) is 7.51.